The van der Waals surface area contributed by atoms with Crippen LogP contribution < -0.4 is 5.32 Å². The van der Waals surface area contributed by atoms with Gasteiger partial charge in [0.25, 0.3) is 0 Å². The Morgan fingerprint density at radius 3 is 2.56 bits per heavy atom. The van der Waals surface area contributed by atoms with Crippen LogP contribution >= 0.6 is 0 Å². The first kappa shape index (κ1) is 13.5. The zero-order chi connectivity index (χ0) is 12.2. The molecule has 0 spiro atoms. The standard InChI is InChI=1S/C12H23NO3/c1-9(14)11(15)13-8-12(2,3)10-4-6-16-7-5-10/h9-10,14H,4-8H2,1-3H3,(H,13,15). The Balaban J connectivity index is 2.40. The van der Waals surface area contributed by atoms with E-state index in [0.717, 1.165) is 26.1 Å². The van der Waals surface area contributed by atoms with E-state index in [-0.39, 0.29) is 11.3 Å². The van der Waals surface area contributed by atoms with Crippen LogP contribution in [-0.2, 0) is 9.53 Å². The van der Waals surface area contributed by atoms with E-state index in [4.69, 9.17) is 9.84 Å². The molecule has 16 heavy (non-hydrogen) atoms. The molecule has 1 fully saturated rings. The first-order valence-electron chi connectivity index (χ1n) is 5.97. The Kier molecular flexibility index (Phi) is 4.74. The van der Waals surface area contributed by atoms with Gasteiger partial charge in [0.2, 0.25) is 5.91 Å². The maximum atomic E-state index is 11.3. The monoisotopic (exact) mass is 229 g/mol. The van der Waals surface area contributed by atoms with Crippen LogP contribution in [0.2, 0.25) is 0 Å². The van der Waals surface area contributed by atoms with Crippen molar-refractivity contribution >= 4 is 5.91 Å². The molecule has 0 saturated carbocycles. The van der Waals surface area contributed by atoms with Gasteiger partial charge in [-0.05, 0) is 31.1 Å². The average molecular weight is 229 g/mol. The predicted molar refractivity (Wildman–Crippen MR) is 62.0 cm³/mol. The number of aliphatic hydroxyl groups excluding tert-OH is 1. The summed E-state index contributed by atoms with van der Waals surface area (Å²) in [7, 11) is 0. The number of aliphatic hydroxyl groups is 1. The molecule has 1 unspecified atom stereocenters. The van der Waals surface area contributed by atoms with Crippen molar-refractivity contribution in [1.82, 2.24) is 5.32 Å². The number of carbonyl (C=O) groups is 1. The summed E-state index contributed by atoms with van der Waals surface area (Å²) in [5, 5.41) is 11.9. The van der Waals surface area contributed by atoms with E-state index in [0.29, 0.717) is 12.5 Å². The number of hydrogen-bond donors (Lipinski definition) is 2. The van der Waals surface area contributed by atoms with Crippen LogP contribution in [0.5, 0.6) is 0 Å². The van der Waals surface area contributed by atoms with Crippen LogP contribution in [0.1, 0.15) is 33.6 Å². The number of hydrogen-bond acceptors (Lipinski definition) is 3. The molecule has 2 N–H and O–H groups in total. The minimum Gasteiger partial charge on any atom is -0.384 e. The molecule has 1 aliphatic heterocycles. The topological polar surface area (TPSA) is 58.6 Å². The molecule has 1 amide bonds. The highest BCUT2D eigenvalue weighted by atomic mass is 16.5. The highest BCUT2D eigenvalue weighted by Gasteiger charge is 2.31. The van der Waals surface area contributed by atoms with Gasteiger partial charge in [-0.15, -0.1) is 0 Å². The van der Waals surface area contributed by atoms with Gasteiger partial charge in [0.05, 0.1) is 0 Å². The number of amides is 1. The quantitative estimate of drug-likeness (QED) is 0.754. The van der Waals surface area contributed by atoms with E-state index in [1.54, 1.807) is 0 Å². The smallest absolute Gasteiger partial charge is 0.248 e. The molecule has 0 aliphatic carbocycles. The summed E-state index contributed by atoms with van der Waals surface area (Å²) in [6.45, 7) is 8.05. The van der Waals surface area contributed by atoms with E-state index >= 15 is 0 Å². The SMILES string of the molecule is CC(O)C(=O)NCC(C)(C)C1CCOCC1. The maximum absolute atomic E-state index is 11.3. The fourth-order valence-electron chi connectivity index (χ4n) is 2.09. The van der Waals surface area contributed by atoms with Gasteiger partial charge in [0.1, 0.15) is 6.10 Å². The van der Waals surface area contributed by atoms with Crippen molar-refractivity contribution in [2.75, 3.05) is 19.8 Å². The maximum Gasteiger partial charge on any atom is 0.248 e. The second-order valence-corrected chi connectivity index (χ2v) is 5.27. The zero-order valence-electron chi connectivity index (χ0n) is 10.5. The summed E-state index contributed by atoms with van der Waals surface area (Å²) in [6.07, 6.45) is 1.18. The molecule has 94 valence electrons. The molecule has 0 aromatic carbocycles. The normalized spacial score (nSPS) is 20.5. The molecule has 1 rings (SSSR count). The summed E-state index contributed by atoms with van der Waals surface area (Å²) >= 11 is 0. The lowest BCUT2D eigenvalue weighted by atomic mass is 9.74. The molecule has 4 heteroatoms. The lowest BCUT2D eigenvalue weighted by Gasteiger charge is -2.37. The van der Waals surface area contributed by atoms with E-state index in [9.17, 15) is 4.79 Å². The Bertz CT molecular complexity index is 232. The molecule has 4 nitrogen and oxygen atoms in total. The highest BCUT2D eigenvalue weighted by Crippen LogP contribution is 2.33. The summed E-state index contributed by atoms with van der Waals surface area (Å²) in [6, 6.07) is 0. The van der Waals surface area contributed by atoms with E-state index in [1.807, 2.05) is 0 Å². The van der Waals surface area contributed by atoms with E-state index < -0.39 is 6.10 Å². The molecule has 0 radical (unpaired) electrons. The second kappa shape index (κ2) is 5.64. The number of nitrogens with one attached hydrogen (secondary N) is 1. The third kappa shape index (κ3) is 3.76. The van der Waals surface area contributed by atoms with E-state index in [1.165, 1.54) is 6.92 Å². The van der Waals surface area contributed by atoms with E-state index in [2.05, 4.69) is 19.2 Å². The van der Waals surface area contributed by atoms with Crippen LogP contribution in [0.15, 0.2) is 0 Å². The second-order valence-electron chi connectivity index (χ2n) is 5.27. The zero-order valence-corrected chi connectivity index (χ0v) is 10.5. The van der Waals surface area contributed by atoms with Crippen molar-refractivity contribution < 1.29 is 14.6 Å². The average Bonchev–Trinajstić information content (AvgIpc) is 2.27. The van der Waals surface area contributed by atoms with Gasteiger partial charge in [0.15, 0.2) is 0 Å². The molecular weight excluding hydrogens is 206 g/mol. The summed E-state index contributed by atoms with van der Waals surface area (Å²) in [4.78, 5) is 11.3. The van der Waals surface area contributed by atoms with Gasteiger partial charge in [-0.2, -0.15) is 0 Å². The third-order valence-electron chi connectivity index (χ3n) is 3.42. The largest absolute Gasteiger partial charge is 0.384 e. The minimum absolute atomic E-state index is 0.0638. The number of carbonyl (C=O) groups excluding carboxylic acids is 1. The summed E-state index contributed by atoms with van der Waals surface area (Å²) in [5.74, 6) is 0.288. The Hall–Kier alpha value is -0.610. The number of rotatable bonds is 4. The summed E-state index contributed by atoms with van der Waals surface area (Å²) in [5.41, 5.74) is 0.0638. The Morgan fingerprint density at radius 2 is 2.06 bits per heavy atom. The van der Waals surface area contributed by atoms with Gasteiger partial charge in [-0.25, -0.2) is 0 Å². The molecule has 1 saturated heterocycles. The van der Waals surface area contributed by atoms with Crippen molar-refractivity contribution in [2.24, 2.45) is 11.3 Å². The van der Waals surface area contributed by atoms with Crippen molar-refractivity contribution in [3.05, 3.63) is 0 Å². The lowest BCUT2D eigenvalue weighted by Crippen LogP contribution is -2.43. The van der Waals surface area contributed by atoms with Gasteiger partial charge in [-0.3, -0.25) is 4.79 Å². The fourth-order valence-corrected chi connectivity index (χ4v) is 2.09. The molecule has 1 aliphatic rings. The van der Waals surface area contributed by atoms with Crippen LogP contribution in [0, 0.1) is 11.3 Å². The number of ether oxygens (including phenoxy) is 1. The first-order chi connectivity index (χ1) is 7.43. The molecule has 0 aromatic rings. The Labute approximate surface area is 97.4 Å². The Morgan fingerprint density at radius 1 is 1.50 bits per heavy atom. The van der Waals surface area contributed by atoms with Gasteiger partial charge >= 0.3 is 0 Å². The van der Waals surface area contributed by atoms with Crippen LogP contribution in [0.3, 0.4) is 0 Å². The lowest BCUT2D eigenvalue weighted by molar-refractivity contribution is -0.129. The molecular formula is C12H23NO3. The van der Waals surface area contributed by atoms with Gasteiger partial charge < -0.3 is 15.2 Å². The van der Waals surface area contributed by atoms with Crippen LogP contribution in [0.25, 0.3) is 0 Å². The first-order valence-corrected chi connectivity index (χ1v) is 5.97. The van der Waals surface area contributed by atoms with Crippen molar-refractivity contribution in [3.63, 3.8) is 0 Å². The van der Waals surface area contributed by atoms with Crippen molar-refractivity contribution in [1.29, 1.82) is 0 Å². The summed E-state index contributed by atoms with van der Waals surface area (Å²) < 4.78 is 5.33. The molecule has 0 bridgehead atoms. The third-order valence-corrected chi connectivity index (χ3v) is 3.42. The molecule has 0 aromatic heterocycles. The van der Waals surface area contributed by atoms with Gasteiger partial charge in [-0.1, -0.05) is 13.8 Å². The molecule has 1 atom stereocenters. The van der Waals surface area contributed by atoms with Crippen molar-refractivity contribution in [3.8, 4) is 0 Å². The van der Waals surface area contributed by atoms with Crippen LogP contribution in [0.4, 0.5) is 0 Å². The van der Waals surface area contributed by atoms with Crippen molar-refractivity contribution in [2.45, 2.75) is 39.7 Å². The van der Waals surface area contributed by atoms with Crippen LogP contribution in [-0.4, -0.2) is 36.9 Å². The highest BCUT2D eigenvalue weighted by molar-refractivity contribution is 5.79. The molecule has 1 heterocycles. The van der Waals surface area contributed by atoms with Gasteiger partial charge in [0, 0.05) is 19.8 Å². The fraction of sp³-hybridized carbons (Fsp3) is 0.917. The predicted octanol–water partition coefficient (Wildman–Crippen LogP) is 0.936. The minimum atomic E-state index is -0.925.